The normalized spacial score (nSPS) is 12.4. The molecule has 0 heterocycles. The molecule has 0 saturated heterocycles. The molecule has 0 aliphatic heterocycles. The van der Waals surface area contributed by atoms with Crippen LogP contribution in [0.2, 0.25) is 0 Å². The van der Waals surface area contributed by atoms with E-state index in [1.807, 2.05) is 12.1 Å². The molecule has 0 aromatic heterocycles. The highest BCUT2D eigenvalue weighted by Crippen LogP contribution is 2.19. The highest BCUT2D eigenvalue weighted by Gasteiger charge is 2.05. The minimum absolute atomic E-state index is 0.198. The van der Waals surface area contributed by atoms with Gasteiger partial charge in [-0.25, -0.2) is 0 Å². The van der Waals surface area contributed by atoms with Crippen LogP contribution in [0.3, 0.4) is 0 Å². The van der Waals surface area contributed by atoms with Gasteiger partial charge in [-0.3, -0.25) is 0 Å². The lowest BCUT2D eigenvalue weighted by Gasteiger charge is -2.15. The van der Waals surface area contributed by atoms with Crippen molar-refractivity contribution in [2.45, 2.75) is 19.5 Å². The largest absolute Gasteiger partial charge is 0.508 e. The minimum atomic E-state index is 0.198. The van der Waals surface area contributed by atoms with E-state index in [9.17, 15) is 5.11 Å². The van der Waals surface area contributed by atoms with E-state index in [2.05, 4.69) is 54.7 Å². The van der Waals surface area contributed by atoms with Crippen LogP contribution in [0.4, 0.5) is 0 Å². The molecular formula is C19H19NO. The van der Waals surface area contributed by atoms with Crippen LogP contribution >= 0.6 is 0 Å². The summed E-state index contributed by atoms with van der Waals surface area (Å²) >= 11 is 0. The smallest absolute Gasteiger partial charge is 0.115 e. The van der Waals surface area contributed by atoms with Crippen molar-refractivity contribution in [3.05, 3.63) is 77.9 Å². The molecule has 0 spiro atoms. The number of benzene rings is 3. The Kier molecular flexibility index (Phi) is 3.89. The maximum Gasteiger partial charge on any atom is 0.115 e. The molecule has 0 fully saturated rings. The van der Waals surface area contributed by atoms with Gasteiger partial charge in [0.05, 0.1) is 0 Å². The molecule has 2 nitrogen and oxygen atoms in total. The molecule has 0 radical (unpaired) electrons. The van der Waals surface area contributed by atoms with Gasteiger partial charge in [0.1, 0.15) is 5.75 Å². The first-order valence-corrected chi connectivity index (χ1v) is 7.22. The lowest BCUT2D eigenvalue weighted by molar-refractivity contribution is 0.472. The first-order valence-electron chi connectivity index (χ1n) is 7.22. The fourth-order valence-corrected chi connectivity index (χ4v) is 2.53. The predicted molar refractivity (Wildman–Crippen MR) is 87.3 cm³/mol. The molecule has 0 unspecified atom stereocenters. The summed E-state index contributed by atoms with van der Waals surface area (Å²) in [5.41, 5.74) is 2.36. The third-order valence-electron chi connectivity index (χ3n) is 3.80. The van der Waals surface area contributed by atoms with Crippen molar-refractivity contribution >= 4 is 10.8 Å². The van der Waals surface area contributed by atoms with E-state index < -0.39 is 0 Å². The number of hydrogen-bond donors (Lipinski definition) is 2. The molecule has 1 atom stereocenters. The van der Waals surface area contributed by atoms with E-state index in [1.54, 1.807) is 12.1 Å². The van der Waals surface area contributed by atoms with Crippen molar-refractivity contribution in [3.63, 3.8) is 0 Å². The van der Waals surface area contributed by atoms with Gasteiger partial charge >= 0.3 is 0 Å². The van der Waals surface area contributed by atoms with Crippen molar-refractivity contribution in [1.29, 1.82) is 0 Å². The summed E-state index contributed by atoms with van der Waals surface area (Å²) in [6.45, 7) is 2.91. The van der Waals surface area contributed by atoms with Crippen molar-refractivity contribution in [2.24, 2.45) is 0 Å². The fraction of sp³-hybridized carbons (Fsp3) is 0.158. The van der Waals surface area contributed by atoms with Gasteiger partial charge in [0.15, 0.2) is 0 Å². The molecule has 3 rings (SSSR count). The second-order valence-electron chi connectivity index (χ2n) is 5.38. The van der Waals surface area contributed by atoms with Crippen molar-refractivity contribution in [3.8, 4) is 5.75 Å². The van der Waals surface area contributed by atoms with E-state index in [0.29, 0.717) is 5.75 Å². The average Bonchev–Trinajstić information content (AvgIpc) is 2.52. The van der Waals surface area contributed by atoms with Crippen LogP contribution in [-0.2, 0) is 6.54 Å². The van der Waals surface area contributed by atoms with Gasteiger partial charge in [-0.2, -0.15) is 0 Å². The van der Waals surface area contributed by atoms with Gasteiger partial charge in [-0.1, -0.05) is 48.5 Å². The highest BCUT2D eigenvalue weighted by molar-refractivity contribution is 5.82. The number of hydrogen-bond acceptors (Lipinski definition) is 2. The molecule has 3 aromatic carbocycles. The van der Waals surface area contributed by atoms with Crippen LogP contribution in [0.15, 0.2) is 66.7 Å². The van der Waals surface area contributed by atoms with Crippen LogP contribution in [0, 0.1) is 0 Å². The van der Waals surface area contributed by atoms with Crippen LogP contribution in [0.25, 0.3) is 10.8 Å². The van der Waals surface area contributed by atoms with Crippen molar-refractivity contribution in [1.82, 2.24) is 5.32 Å². The zero-order chi connectivity index (χ0) is 14.7. The number of nitrogens with one attached hydrogen (secondary N) is 1. The zero-order valence-electron chi connectivity index (χ0n) is 12.1. The van der Waals surface area contributed by atoms with Crippen LogP contribution in [0.1, 0.15) is 24.1 Å². The molecule has 0 aliphatic carbocycles. The summed E-state index contributed by atoms with van der Waals surface area (Å²) in [6, 6.07) is 22.5. The molecule has 0 bridgehead atoms. The molecule has 0 aliphatic rings. The molecule has 106 valence electrons. The Morgan fingerprint density at radius 2 is 1.71 bits per heavy atom. The Balaban J connectivity index is 1.71. The Morgan fingerprint density at radius 1 is 0.905 bits per heavy atom. The number of fused-ring (bicyclic) bond motifs is 1. The lowest BCUT2D eigenvalue weighted by atomic mass is 10.1. The monoisotopic (exact) mass is 277 g/mol. The Labute approximate surface area is 125 Å². The minimum Gasteiger partial charge on any atom is -0.508 e. The SMILES string of the molecule is C[C@@H](NCc1ccc2ccccc2c1)c1cccc(O)c1. The van der Waals surface area contributed by atoms with Crippen LogP contribution in [0.5, 0.6) is 5.75 Å². The van der Waals surface area contributed by atoms with Crippen LogP contribution in [-0.4, -0.2) is 5.11 Å². The van der Waals surface area contributed by atoms with E-state index in [0.717, 1.165) is 12.1 Å². The first-order chi connectivity index (χ1) is 10.2. The summed E-state index contributed by atoms with van der Waals surface area (Å²) in [5.74, 6) is 0.312. The zero-order valence-corrected chi connectivity index (χ0v) is 12.1. The Morgan fingerprint density at radius 3 is 2.52 bits per heavy atom. The summed E-state index contributed by atoms with van der Waals surface area (Å²) in [5, 5.41) is 15.6. The Bertz CT molecular complexity index is 751. The molecule has 0 saturated carbocycles. The summed E-state index contributed by atoms with van der Waals surface area (Å²) in [4.78, 5) is 0. The molecule has 2 N–H and O–H groups in total. The summed E-state index contributed by atoms with van der Waals surface area (Å²) in [7, 11) is 0. The average molecular weight is 277 g/mol. The van der Waals surface area contributed by atoms with Gasteiger partial charge in [0, 0.05) is 12.6 Å². The van der Waals surface area contributed by atoms with Crippen molar-refractivity contribution in [2.75, 3.05) is 0 Å². The van der Waals surface area contributed by atoms with Gasteiger partial charge in [0.2, 0.25) is 0 Å². The molecular weight excluding hydrogens is 258 g/mol. The Hall–Kier alpha value is -2.32. The summed E-state index contributed by atoms with van der Waals surface area (Å²) in [6.07, 6.45) is 0. The third-order valence-corrected chi connectivity index (χ3v) is 3.80. The quantitative estimate of drug-likeness (QED) is 0.741. The topological polar surface area (TPSA) is 32.3 Å². The molecule has 2 heteroatoms. The van der Waals surface area contributed by atoms with E-state index in [4.69, 9.17) is 0 Å². The molecule has 3 aromatic rings. The fourth-order valence-electron chi connectivity index (χ4n) is 2.53. The maximum absolute atomic E-state index is 9.54. The van der Waals surface area contributed by atoms with E-state index in [-0.39, 0.29) is 6.04 Å². The number of phenolic OH excluding ortho intramolecular Hbond substituents is 1. The van der Waals surface area contributed by atoms with Gasteiger partial charge in [-0.15, -0.1) is 0 Å². The molecule has 21 heavy (non-hydrogen) atoms. The first kappa shape index (κ1) is 13.7. The highest BCUT2D eigenvalue weighted by atomic mass is 16.3. The van der Waals surface area contributed by atoms with Gasteiger partial charge < -0.3 is 10.4 Å². The maximum atomic E-state index is 9.54. The predicted octanol–water partition coefficient (Wildman–Crippen LogP) is 4.40. The van der Waals surface area contributed by atoms with Gasteiger partial charge in [-0.05, 0) is 47.0 Å². The van der Waals surface area contributed by atoms with E-state index in [1.165, 1.54) is 16.3 Å². The van der Waals surface area contributed by atoms with Crippen molar-refractivity contribution < 1.29 is 5.11 Å². The standard InChI is InChI=1S/C19H19NO/c1-14(17-7-4-8-19(21)12-17)20-13-15-9-10-16-5-2-3-6-18(16)11-15/h2-12,14,20-21H,13H2,1H3/t14-/m1/s1. The third kappa shape index (κ3) is 3.23. The lowest BCUT2D eigenvalue weighted by Crippen LogP contribution is -2.17. The summed E-state index contributed by atoms with van der Waals surface area (Å²) < 4.78 is 0. The number of rotatable bonds is 4. The van der Waals surface area contributed by atoms with Crippen LogP contribution < -0.4 is 5.32 Å². The molecule has 0 amide bonds. The second kappa shape index (κ2) is 5.98. The van der Waals surface area contributed by atoms with Gasteiger partial charge in [0.25, 0.3) is 0 Å². The number of aromatic hydroxyl groups is 1. The second-order valence-corrected chi connectivity index (χ2v) is 5.38. The van der Waals surface area contributed by atoms with E-state index >= 15 is 0 Å². The number of phenols is 1.